The van der Waals surface area contributed by atoms with E-state index in [-0.39, 0.29) is 30.0 Å². The van der Waals surface area contributed by atoms with Crippen molar-refractivity contribution in [2.75, 3.05) is 20.7 Å². The maximum absolute atomic E-state index is 5.40. The second kappa shape index (κ2) is 11.2. The molecule has 2 N–H and O–H groups in total. The molecule has 0 radical (unpaired) electrons. The van der Waals surface area contributed by atoms with E-state index in [0.717, 1.165) is 36.8 Å². The molecule has 2 aromatic rings. The molecule has 2 rings (SSSR count). The van der Waals surface area contributed by atoms with Crippen molar-refractivity contribution in [2.45, 2.75) is 39.7 Å². The minimum atomic E-state index is 0. The molecule has 0 saturated carbocycles. The van der Waals surface area contributed by atoms with Crippen LogP contribution < -0.4 is 15.4 Å². The molecule has 0 bridgehead atoms. The van der Waals surface area contributed by atoms with Gasteiger partial charge in [0.25, 0.3) is 0 Å². The van der Waals surface area contributed by atoms with E-state index in [1.807, 2.05) is 29.9 Å². The van der Waals surface area contributed by atoms with E-state index in [4.69, 9.17) is 4.74 Å². The Morgan fingerprint density at radius 2 is 2.00 bits per heavy atom. The summed E-state index contributed by atoms with van der Waals surface area (Å²) in [5.74, 6) is 1.74. The zero-order valence-electron chi connectivity index (χ0n) is 17.2. The fourth-order valence-corrected chi connectivity index (χ4v) is 3.12. The maximum Gasteiger partial charge on any atom is 0.191 e. The van der Waals surface area contributed by atoms with Gasteiger partial charge < -0.3 is 15.4 Å². The Bertz CT molecular complexity index is 757. The van der Waals surface area contributed by atoms with E-state index in [9.17, 15) is 0 Å². The quantitative estimate of drug-likeness (QED) is 0.360. The summed E-state index contributed by atoms with van der Waals surface area (Å²) in [5, 5.41) is 11.3. The molecule has 7 heteroatoms. The van der Waals surface area contributed by atoms with Crippen molar-refractivity contribution in [3.8, 4) is 5.75 Å². The number of guanidine groups is 1. The summed E-state index contributed by atoms with van der Waals surface area (Å²) in [6, 6.07) is 8.36. The van der Waals surface area contributed by atoms with Gasteiger partial charge in [-0.1, -0.05) is 18.2 Å². The van der Waals surface area contributed by atoms with Crippen LogP contribution in [0.2, 0.25) is 0 Å². The molecule has 150 valence electrons. The monoisotopic (exact) mass is 485 g/mol. The number of methoxy groups -OCH3 is 1. The topological polar surface area (TPSA) is 63.5 Å². The van der Waals surface area contributed by atoms with Crippen LogP contribution in [0, 0.1) is 13.8 Å². The number of hydrogen-bond donors (Lipinski definition) is 2. The third kappa shape index (κ3) is 6.41. The fraction of sp³-hybridized carbons (Fsp3) is 0.500. The van der Waals surface area contributed by atoms with Crippen molar-refractivity contribution in [3.05, 3.63) is 46.8 Å². The number of para-hydroxylation sites is 1. The van der Waals surface area contributed by atoms with Crippen molar-refractivity contribution in [2.24, 2.45) is 12.0 Å². The van der Waals surface area contributed by atoms with Gasteiger partial charge in [-0.15, -0.1) is 24.0 Å². The highest BCUT2D eigenvalue weighted by Crippen LogP contribution is 2.17. The second-order valence-corrected chi connectivity index (χ2v) is 6.58. The molecule has 1 aromatic carbocycles. The van der Waals surface area contributed by atoms with Crippen LogP contribution in [0.1, 0.15) is 29.4 Å². The summed E-state index contributed by atoms with van der Waals surface area (Å²) >= 11 is 0. The van der Waals surface area contributed by atoms with Gasteiger partial charge in [0.1, 0.15) is 5.75 Å². The molecule has 0 aliphatic heterocycles. The molecule has 1 heterocycles. The van der Waals surface area contributed by atoms with Gasteiger partial charge in [0.2, 0.25) is 0 Å². The van der Waals surface area contributed by atoms with Crippen LogP contribution in [0.5, 0.6) is 5.75 Å². The van der Waals surface area contributed by atoms with Gasteiger partial charge in [-0.3, -0.25) is 9.67 Å². The minimum Gasteiger partial charge on any atom is -0.496 e. The number of aliphatic imine (C=N–C) groups is 1. The number of ether oxygens (including phenoxy) is 1. The Morgan fingerprint density at radius 1 is 1.30 bits per heavy atom. The standard InChI is InChI=1S/C20H31N5O.HI/c1-14(13-18-15(2)24-25(5)16(18)3)23-20(21-4)22-12-11-17-9-7-8-10-19(17)26-6;/h7-10,14H,11-13H2,1-6H3,(H2,21,22,23);1H. The Hall–Kier alpha value is -1.77. The van der Waals surface area contributed by atoms with Crippen LogP contribution in [0.3, 0.4) is 0 Å². The molecular formula is C20H32IN5O. The van der Waals surface area contributed by atoms with E-state index in [2.05, 4.69) is 47.6 Å². The maximum atomic E-state index is 5.40. The van der Waals surface area contributed by atoms with Gasteiger partial charge in [0.05, 0.1) is 12.8 Å². The van der Waals surface area contributed by atoms with Gasteiger partial charge in [-0.25, -0.2) is 0 Å². The first-order valence-electron chi connectivity index (χ1n) is 9.04. The molecule has 6 nitrogen and oxygen atoms in total. The zero-order valence-corrected chi connectivity index (χ0v) is 19.5. The second-order valence-electron chi connectivity index (χ2n) is 6.58. The number of halogens is 1. The molecule has 0 amide bonds. The molecule has 0 aliphatic carbocycles. The van der Waals surface area contributed by atoms with Gasteiger partial charge in [0, 0.05) is 32.4 Å². The molecule has 0 fully saturated rings. The number of hydrogen-bond acceptors (Lipinski definition) is 3. The molecular weight excluding hydrogens is 453 g/mol. The molecule has 27 heavy (non-hydrogen) atoms. The SMILES string of the molecule is CN=C(NCCc1ccccc1OC)NC(C)Cc1c(C)nn(C)c1C.I. The smallest absolute Gasteiger partial charge is 0.191 e. The van der Waals surface area contributed by atoms with Crippen LogP contribution in [-0.4, -0.2) is 42.5 Å². The number of aromatic nitrogens is 2. The summed E-state index contributed by atoms with van der Waals surface area (Å²) in [7, 11) is 5.49. The van der Waals surface area contributed by atoms with Crippen LogP contribution in [-0.2, 0) is 19.9 Å². The van der Waals surface area contributed by atoms with Crippen molar-refractivity contribution < 1.29 is 4.74 Å². The summed E-state index contributed by atoms with van der Waals surface area (Å²) in [6.45, 7) is 7.13. The van der Waals surface area contributed by atoms with Gasteiger partial charge in [-0.2, -0.15) is 5.10 Å². The lowest BCUT2D eigenvalue weighted by Gasteiger charge is -2.18. The van der Waals surface area contributed by atoms with Crippen LogP contribution in [0.4, 0.5) is 0 Å². The highest BCUT2D eigenvalue weighted by Gasteiger charge is 2.14. The molecule has 1 aromatic heterocycles. The molecule has 0 saturated heterocycles. The zero-order chi connectivity index (χ0) is 19.1. The summed E-state index contributed by atoms with van der Waals surface area (Å²) in [4.78, 5) is 4.34. The predicted molar refractivity (Wildman–Crippen MR) is 122 cm³/mol. The van der Waals surface area contributed by atoms with E-state index in [0.29, 0.717) is 0 Å². The van der Waals surface area contributed by atoms with Gasteiger partial charge in [-0.05, 0) is 50.8 Å². The highest BCUT2D eigenvalue weighted by atomic mass is 127. The third-order valence-corrected chi connectivity index (χ3v) is 4.66. The molecule has 0 spiro atoms. The molecule has 0 aliphatic rings. The van der Waals surface area contributed by atoms with Gasteiger partial charge >= 0.3 is 0 Å². The first-order chi connectivity index (χ1) is 12.5. The Morgan fingerprint density at radius 3 is 2.59 bits per heavy atom. The number of nitrogens with one attached hydrogen (secondary N) is 2. The largest absolute Gasteiger partial charge is 0.496 e. The van der Waals surface area contributed by atoms with Crippen molar-refractivity contribution in [1.29, 1.82) is 0 Å². The summed E-state index contributed by atoms with van der Waals surface area (Å²) < 4.78 is 7.35. The number of benzene rings is 1. The lowest BCUT2D eigenvalue weighted by molar-refractivity contribution is 0.409. The average Bonchev–Trinajstić information content (AvgIpc) is 2.87. The minimum absolute atomic E-state index is 0. The van der Waals surface area contributed by atoms with Crippen LogP contribution in [0.15, 0.2) is 29.3 Å². The summed E-state index contributed by atoms with van der Waals surface area (Å²) in [5.41, 5.74) is 4.80. The predicted octanol–water partition coefficient (Wildman–Crippen LogP) is 3.00. The Kier molecular flexibility index (Phi) is 9.62. The number of aryl methyl sites for hydroxylation is 2. The van der Waals surface area contributed by atoms with E-state index >= 15 is 0 Å². The fourth-order valence-electron chi connectivity index (χ4n) is 3.12. The average molecular weight is 485 g/mol. The number of nitrogens with zero attached hydrogens (tertiary/aromatic N) is 3. The van der Waals surface area contributed by atoms with E-state index in [1.54, 1.807) is 14.2 Å². The molecule has 1 atom stereocenters. The summed E-state index contributed by atoms with van der Waals surface area (Å²) in [6.07, 6.45) is 1.79. The van der Waals surface area contributed by atoms with Gasteiger partial charge in [0.15, 0.2) is 5.96 Å². The first-order valence-corrected chi connectivity index (χ1v) is 9.04. The van der Waals surface area contributed by atoms with Crippen molar-refractivity contribution in [1.82, 2.24) is 20.4 Å². The van der Waals surface area contributed by atoms with Crippen LogP contribution >= 0.6 is 24.0 Å². The lowest BCUT2D eigenvalue weighted by atomic mass is 10.1. The normalized spacial score (nSPS) is 12.3. The Balaban J connectivity index is 0.00000364. The Labute approximate surface area is 179 Å². The van der Waals surface area contributed by atoms with E-state index in [1.165, 1.54) is 16.8 Å². The lowest BCUT2D eigenvalue weighted by Crippen LogP contribution is -2.43. The highest BCUT2D eigenvalue weighted by molar-refractivity contribution is 14.0. The van der Waals surface area contributed by atoms with E-state index < -0.39 is 0 Å². The van der Waals surface area contributed by atoms with Crippen molar-refractivity contribution in [3.63, 3.8) is 0 Å². The van der Waals surface area contributed by atoms with Crippen LogP contribution in [0.25, 0.3) is 0 Å². The third-order valence-electron chi connectivity index (χ3n) is 4.66. The number of rotatable bonds is 7. The van der Waals surface area contributed by atoms with Crippen molar-refractivity contribution >= 4 is 29.9 Å². The first kappa shape index (κ1) is 23.3. The molecule has 1 unspecified atom stereocenters.